The van der Waals surface area contributed by atoms with E-state index in [1.165, 1.54) is 11.6 Å². The normalized spacial score (nSPS) is 14.9. The molecule has 1 atom stereocenters. The Labute approximate surface area is 230 Å². The molecule has 4 rings (SSSR count). The van der Waals surface area contributed by atoms with E-state index in [0.717, 1.165) is 35.3 Å². The van der Waals surface area contributed by atoms with Gasteiger partial charge in [-0.1, -0.05) is 76.6 Å². The molecular formula is C33H34N2O4. The van der Waals surface area contributed by atoms with Crippen LogP contribution in [0.15, 0.2) is 84.3 Å². The van der Waals surface area contributed by atoms with Gasteiger partial charge in [0, 0.05) is 17.7 Å². The highest BCUT2D eigenvalue weighted by molar-refractivity contribution is 5.88. The van der Waals surface area contributed by atoms with Crippen molar-refractivity contribution >= 4 is 12.0 Å². The number of nitrogens with zero attached hydrogens (tertiary/aromatic N) is 1. The van der Waals surface area contributed by atoms with Crippen LogP contribution in [0.1, 0.15) is 68.7 Å². The Morgan fingerprint density at radius 3 is 2.38 bits per heavy atom. The number of carbonyl (C=O) groups excluding carboxylic acids is 1. The summed E-state index contributed by atoms with van der Waals surface area (Å²) in [6.07, 6.45) is 5.16. The van der Waals surface area contributed by atoms with Crippen LogP contribution in [0.5, 0.6) is 17.2 Å². The summed E-state index contributed by atoms with van der Waals surface area (Å²) >= 11 is 0. The Hall–Kier alpha value is -4.50. The quantitative estimate of drug-likeness (QED) is 0.148. The van der Waals surface area contributed by atoms with Crippen molar-refractivity contribution in [1.29, 1.82) is 5.26 Å². The van der Waals surface area contributed by atoms with E-state index in [0.29, 0.717) is 23.7 Å². The predicted molar refractivity (Wildman–Crippen MR) is 152 cm³/mol. The third-order valence-corrected chi connectivity index (χ3v) is 6.58. The van der Waals surface area contributed by atoms with E-state index in [2.05, 4.69) is 45.9 Å². The summed E-state index contributed by atoms with van der Waals surface area (Å²) in [7, 11) is 0. The molecule has 6 heteroatoms. The summed E-state index contributed by atoms with van der Waals surface area (Å²) in [6.45, 7) is 9.25. The molecule has 0 aromatic heterocycles. The number of ether oxygens (including phenoxy) is 3. The van der Waals surface area contributed by atoms with Crippen molar-refractivity contribution in [1.82, 2.24) is 0 Å². The number of nitriles is 1. The minimum atomic E-state index is -0.512. The van der Waals surface area contributed by atoms with Gasteiger partial charge in [0.15, 0.2) is 0 Å². The summed E-state index contributed by atoms with van der Waals surface area (Å²) in [6, 6.07) is 23.0. The van der Waals surface area contributed by atoms with Gasteiger partial charge in [-0.3, -0.25) is 0 Å². The molecule has 1 aliphatic heterocycles. The van der Waals surface area contributed by atoms with Gasteiger partial charge in [-0.15, -0.1) is 0 Å². The van der Waals surface area contributed by atoms with Gasteiger partial charge in [-0.25, -0.2) is 4.79 Å². The van der Waals surface area contributed by atoms with Crippen LogP contribution in [-0.2, 0) is 10.2 Å². The highest BCUT2D eigenvalue weighted by Crippen LogP contribution is 2.43. The van der Waals surface area contributed by atoms with Crippen LogP contribution >= 0.6 is 0 Å². The summed E-state index contributed by atoms with van der Waals surface area (Å²) in [5, 5.41) is 9.83. The van der Waals surface area contributed by atoms with Gasteiger partial charge in [-0.2, -0.15) is 5.26 Å². The zero-order chi connectivity index (χ0) is 28.0. The van der Waals surface area contributed by atoms with E-state index in [9.17, 15) is 10.1 Å². The maximum absolute atomic E-state index is 12.5. The lowest BCUT2D eigenvalue weighted by atomic mass is 9.83. The smallest absolute Gasteiger partial charge is 0.336 e. The molecule has 0 aliphatic carbocycles. The van der Waals surface area contributed by atoms with Crippen molar-refractivity contribution in [3.63, 3.8) is 0 Å². The van der Waals surface area contributed by atoms with Crippen LogP contribution in [0.4, 0.5) is 0 Å². The van der Waals surface area contributed by atoms with Crippen molar-refractivity contribution in [3.05, 3.63) is 107 Å². The van der Waals surface area contributed by atoms with E-state index in [1.807, 2.05) is 36.4 Å². The number of unbranched alkanes of at least 4 members (excludes halogenated alkanes) is 1. The van der Waals surface area contributed by atoms with Gasteiger partial charge in [0.1, 0.15) is 28.9 Å². The molecular weight excluding hydrogens is 488 g/mol. The Morgan fingerprint density at radius 2 is 1.74 bits per heavy atom. The zero-order valence-corrected chi connectivity index (χ0v) is 22.9. The largest absolute Gasteiger partial charge is 0.494 e. The van der Waals surface area contributed by atoms with Crippen LogP contribution in [0, 0.1) is 11.3 Å². The van der Waals surface area contributed by atoms with E-state index in [-0.39, 0.29) is 11.3 Å². The predicted octanol–water partition coefficient (Wildman–Crippen LogP) is 7.00. The van der Waals surface area contributed by atoms with E-state index in [1.54, 1.807) is 24.3 Å². The fourth-order valence-corrected chi connectivity index (χ4v) is 4.34. The van der Waals surface area contributed by atoms with Gasteiger partial charge in [0.25, 0.3) is 0 Å². The van der Waals surface area contributed by atoms with Crippen molar-refractivity contribution in [2.24, 2.45) is 5.73 Å². The number of rotatable bonds is 8. The molecule has 0 amide bonds. The Balaban J connectivity index is 1.50. The molecule has 3 aromatic carbocycles. The molecule has 2 N–H and O–H groups in total. The molecule has 0 radical (unpaired) electrons. The monoisotopic (exact) mass is 522 g/mol. The first-order chi connectivity index (χ1) is 18.7. The molecule has 1 heterocycles. The maximum atomic E-state index is 12.5. The summed E-state index contributed by atoms with van der Waals surface area (Å²) in [5.41, 5.74) is 10.3. The summed E-state index contributed by atoms with van der Waals surface area (Å²) < 4.78 is 17.1. The standard InChI is InChI=1S/C33H34N2O4/c1-5-6-19-37-25-14-10-23(11-15-25)31-27-17-16-26(20-29(27)39-32(35)28(31)21-34)38-30(36)18-9-22-7-12-24(13-8-22)33(2,3)4/h7-18,20,31H,5-6,19,35H2,1-4H3/b18-9+. The van der Waals surface area contributed by atoms with Crippen LogP contribution in [0.3, 0.4) is 0 Å². The zero-order valence-electron chi connectivity index (χ0n) is 22.9. The Morgan fingerprint density at radius 1 is 1.05 bits per heavy atom. The number of esters is 1. The molecule has 0 saturated heterocycles. The maximum Gasteiger partial charge on any atom is 0.336 e. The molecule has 200 valence electrons. The van der Waals surface area contributed by atoms with E-state index in [4.69, 9.17) is 19.9 Å². The van der Waals surface area contributed by atoms with Crippen molar-refractivity contribution < 1.29 is 19.0 Å². The Kier molecular flexibility index (Phi) is 8.41. The lowest BCUT2D eigenvalue weighted by Gasteiger charge is -2.26. The number of nitrogens with two attached hydrogens (primary N) is 1. The molecule has 3 aromatic rings. The number of hydrogen-bond acceptors (Lipinski definition) is 6. The number of benzene rings is 3. The second-order valence-electron chi connectivity index (χ2n) is 10.5. The van der Waals surface area contributed by atoms with Crippen molar-refractivity contribution in [3.8, 4) is 23.3 Å². The minimum Gasteiger partial charge on any atom is -0.494 e. The molecule has 0 fully saturated rings. The fraction of sp³-hybridized carbons (Fsp3) is 0.273. The highest BCUT2D eigenvalue weighted by Gasteiger charge is 2.31. The van der Waals surface area contributed by atoms with Crippen LogP contribution in [0.2, 0.25) is 0 Å². The van der Waals surface area contributed by atoms with Crippen molar-refractivity contribution in [2.45, 2.75) is 51.9 Å². The molecule has 1 unspecified atom stereocenters. The fourth-order valence-electron chi connectivity index (χ4n) is 4.34. The first-order valence-corrected chi connectivity index (χ1v) is 13.1. The van der Waals surface area contributed by atoms with Gasteiger partial charge in [0.2, 0.25) is 5.88 Å². The molecule has 0 bridgehead atoms. The number of allylic oxidation sites excluding steroid dienone is 1. The van der Waals surface area contributed by atoms with Gasteiger partial charge < -0.3 is 19.9 Å². The highest BCUT2D eigenvalue weighted by atomic mass is 16.5. The average molecular weight is 523 g/mol. The SMILES string of the molecule is CCCCOc1ccc(C2C(C#N)=C(N)Oc3cc(OC(=O)/C=C/c4ccc(C(C)(C)C)cc4)ccc32)cc1. The molecule has 0 saturated carbocycles. The summed E-state index contributed by atoms with van der Waals surface area (Å²) in [4.78, 5) is 12.5. The topological polar surface area (TPSA) is 94.6 Å². The average Bonchev–Trinajstić information content (AvgIpc) is 2.91. The third kappa shape index (κ3) is 6.69. The second kappa shape index (κ2) is 11.9. The minimum absolute atomic E-state index is 0.0281. The number of fused-ring (bicyclic) bond motifs is 1. The lowest BCUT2D eigenvalue weighted by molar-refractivity contribution is -0.128. The second-order valence-corrected chi connectivity index (χ2v) is 10.5. The molecule has 6 nitrogen and oxygen atoms in total. The Bertz CT molecular complexity index is 1420. The lowest BCUT2D eigenvalue weighted by Crippen LogP contribution is -2.21. The van der Waals surface area contributed by atoms with Gasteiger partial charge >= 0.3 is 5.97 Å². The number of carbonyl (C=O) groups is 1. The van der Waals surface area contributed by atoms with Crippen LogP contribution in [-0.4, -0.2) is 12.6 Å². The van der Waals surface area contributed by atoms with Crippen LogP contribution < -0.4 is 19.9 Å². The third-order valence-electron chi connectivity index (χ3n) is 6.58. The van der Waals surface area contributed by atoms with E-state index >= 15 is 0 Å². The van der Waals surface area contributed by atoms with Crippen LogP contribution in [0.25, 0.3) is 6.08 Å². The first kappa shape index (κ1) is 27.5. The molecule has 39 heavy (non-hydrogen) atoms. The summed E-state index contributed by atoms with van der Waals surface area (Å²) in [5.74, 6) is 0.631. The number of hydrogen-bond donors (Lipinski definition) is 1. The van der Waals surface area contributed by atoms with Crippen molar-refractivity contribution in [2.75, 3.05) is 6.61 Å². The molecule has 0 spiro atoms. The molecule has 1 aliphatic rings. The van der Waals surface area contributed by atoms with E-state index < -0.39 is 11.9 Å². The first-order valence-electron chi connectivity index (χ1n) is 13.1. The van der Waals surface area contributed by atoms with Gasteiger partial charge in [-0.05, 0) is 52.8 Å². The van der Waals surface area contributed by atoms with Gasteiger partial charge in [0.05, 0.1) is 12.5 Å².